The van der Waals surface area contributed by atoms with E-state index in [1.54, 1.807) is 44.4 Å². The minimum absolute atomic E-state index is 0.0463. The first kappa shape index (κ1) is 15.4. The highest BCUT2D eigenvalue weighted by Gasteiger charge is 2.11. The third kappa shape index (κ3) is 3.14. The number of nitrogens with zero attached hydrogens (tertiary/aromatic N) is 1. The number of anilines is 1. The van der Waals surface area contributed by atoms with Gasteiger partial charge in [-0.05, 0) is 36.4 Å². The Morgan fingerprint density at radius 3 is 2.83 bits per heavy atom. The molecule has 0 bridgehead atoms. The van der Waals surface area contributed by atoms with Crippen molar-refractivity contribution in [3.63, 3.8) is 0 Å². The first-order chi connectivity index (χ1) is 11.1. The van der Waals surface area contributed by atoms with Crippen LogP contribution in [0.4, 0.5) is 5.69 Å². The lowest BCUT2D eigenvalue weighted by atomic mass is 10.2. The molecule has 1 N–H and O–H groups in total. The molecule has 0 saturated heterocycles. The molecule has 6 heteroatoms. The van der Waals surface area contributed by atoms with Gasteiger partial charge < -0.3 is 14.5 Å². The molecular formula is C17H15ClN2O3. The summed E-state index contributed by atoms with van der Waals surface area (Å²) in [5.41, 5.74) is 2.75. The minimum Gasteiger partial charge on any atom is -0.495 e. The highest BCUT2D eigenvalue weighted by molar-refractivity contribution is 6.32. The molecule has 0 saturated carbocycles. The van der Waals surface area contributed by atoms with Gasteiger partial charge in [-0.15, -0.1) is 0 Å². The van der Waals surface area contributed by atoms with Gasteiger partial charge in [0.05, 0.1) is 12.1 Å². The molecule has 0 aliphatic heterocycles. The number of carbonyl (C=O) groups is 1. The molecule has 0 unspecified atom stereocenters. The molecule has 0 fully saturated rings. The van der Waals surface area contributed by atoms with Crippen LogP contribution in [0.15, 0.2) is 40.8 Å². The number of benzene rings is 2. The minimum atomic E-state index is -0.0463. The fourth-order valence-corrected chi connectivity index (χ4v) is 2.44. The standard InChI is InChI=1S/C17H15ClN2O3/c1-3-16(21)19-11-5-7-15-13(9-11)20-17(23-15)10-4-6-14(22-2)12(18)8-10/h4-9H,3H2,1-2H3,(H,19,21). The molecule has 1 heterocycles. The maximum Gasteiger partial charge on any atom is 0.227 e. The molecular weight excluding hydrogens is 316 g/mol. The first-order valence-corrected chi connectivity index (χ1v) is 7.53. The number of rotatable bonds is 4. The van der Waals surface area contributed by atoms with E-state index in [4.69, 9.17) is 20.8 Å². The van der Waals surface area contributed by atoms with Gasteiger partial charge in [-0.25, -0.2) is 4.98 Å². The van der Waals surface area contributed by atoms with Gasteiger partial charge in [-0.2, -0.15) is 0 Å². The third-order valence-electron chi connectivity index (χ3n) is 3.39. The van der Waals surface area contributed by atoms with Crippen molar-refractivity contribution in [2.75, 3.05) is 12.4 Å². The van der Waals surface area contributed by atoms with Crippen molar-refractivity contribution in [3.05, 3.63) is 41.4 Å². The van der Waals surface area contributed by atoms with E-state index in [0.29, 0.717) is 39.9 Å². The number of halogens is 1. The molecule has 0 aliphatic rings. The van der Waals surface area contributed by atoms with E-state index in [2.05, 4.69) is 10.3 Å². The first-order valence-electron chi connectivity index (χ1n) is 7.15. The van der Waals surface area contributed by atoms with Gasteiger partial charge in [-0.3, -0.25) is 4.79 Å². The lowest BCUT2D eigenvalue weighted by molar-refractivity contribution is -0.115. The summed E-state index contributed by atoms with van der Waals surface area (Å²) in [6.45, 7) is 1.80. The largest absolute Gasteiger partial charge is 0.495 e. The van der Waals surface area contributed by atoms with Crippen molar-refractivity contribution in [3.8, 4) is 17.2 Å². The number of carbonyl (C=O) groups excluding carboxylic acids is 1. The Morgan fingerprint density at radius 1 is 1.30 bits per heavy atom. The lowest BCUT2D eigenvalue weighted by Crippen LogP contribution is -2.08. The molecule has 1 aromatic heterocycles. The number of nitrogens with one attached hydrogen (secondary N) is 1. The van der Waals surface area contributed by atoms with Gasteiger partial charge >= 0.3 is 0 Å². The Hall–Kier alpha value is -2.53. The average Bonchev–Trinajstić information content (AvgIpc) is 2.97. The summed E-state index contributed by atoms with van der Waals surface area (Å²) in [5, 5.41) is 3.29. The molecule has 5 nitrogen and oxygen atoms in total. The van der Waals surface area contributed by atoms with Crippen molar-refractivity contribution in [2.45, 2.75) is 13.3 Å². The average molecular weight is 331 g/mol. The summed E-state index contributed by atoms with van der Waals surface area (Å²) in [4.78, 5) is 15.9. The Kier molecular flexibility index (Phi) is 4.21. The molecule has 0 atom stereocenters. The summed E-state index contributed by atoms with van der Waals surface area (Å²) in [5.74, 6) is 1.01. The summed E-state index contributed by atoms with van der Waals surface area (Å²) in [7, 11) is 1.56. The maximum atomic E-state index is 11.5. The van der Waals surface area contributed by atoms with E-state index in [1.165, 1.54) is 0 Å². The zero-order chi connectivity index (χ0) is 16.4. The van der Waals surface area contributed by atoms with Crippen LogP contribution in [0.1, 0.15) is 13.3 Å². The van der Waals surface area contributed by atoms with Crippen LogP contribution < -0.4 is 10.1 Å². The fraction of sp³-hybridized carbons (Fsp3) is 0.176. The third-order valence-corrected chi connectivity index (χ3v) is 3.69. The topological polar surface area (TPSA) is 64.4 Å². The number of hydrogen-bond donors (Lipinski definition) is 1. The van der Waals surface area contributed by atoms with Gasteiger partial charge in [0.1, 0.15) is 11.3 Å². The molecule has 0 radical (unpaired) electrons. The predicted molar refractivity (Wildman–Crippen MR) is 89.9 cm³/mol. The second-order valence-electron chi connectivity index (χ2n) is 4.95. The zero-order valence-electron chi connectivity index (χ0n) is 12.7. The maximum absolute atomic E-state index is 11.5. The second kappa shape index (κ2) is 6.30. The van der Waals surface area contributed by atoms with Crippen LogP contribution in [0, 0.1) is 0 Å². The van der Waals surface area contributed by atoms with Gasteiger partial charge in [0, 0.05) is 17.7 Å². The van der Waals surface area contributed by atoms with Gasteiger partial charge in [0.15, 0.2) is 5.58 Å². The summed E-state index contributed by atoms with van der Waals surface area (Å²) < 4.78 is 10.9. The van der Waals surface area contributed by atoms with Crippen molar-refractivity contribution < 1.29 is 13.9 Å². The van der Waals surface area contributed by atoms with Crippen molar-refractivity contribution >= 4 is 34.3 Å². The molecule has 23 heavy (non-hydrogen) atoms. The van der Waals surface area contributed by atoms with E-state index in [1.807, 2.05) is 6.07 Å². The van der Waals surface area contributed by atoms with Crippen molar-refractivity contribution in [1.82, 2.24) is 4.98 Å². The Morgan fingerprint density at radius 2 is 2.13 bits per heavy atom. The summed E-state index contributed by atoms with van der Waals surface area (Å²) in [6.07, 6.45) is 0.423. The van der Waals surface area contributed by atoms with Crippen LogP contribution in [-0.4, -0.2) is 18.0 Å². The normalized spacial score (nSPS) is 10.7. The van der Waals surface area contributed by atoms with Crippen LogP contribution in [0.2, 0.25) is 5.02 Å². The fourth-order valence-electron chi connectivity index (χ4n) is 2.18. The van der Waals surface area contributed by atoms with Crippen molar-refractivity contribution in [1.29, 1.82) is 0 Å². The number of oxazole rings is 1. The molecule has 1 amide bonds. The van der Waals surface area contributed by atoms with Gasteiger partial charge in [0.25, 0.3) is 0 Å². The van der Waals surface area contributed by atoms with E-state index in [9.17, 15) is 4.79 Å². The SMILES string of the molecule is CCC(=O)Nc1ccc2oc(-c3ccc(OC)c(Cl)c3)nc2c1. The highest BCUT2D eigenvalue weighted by Crippen LogP contribution is 2.32. The molecule has 0 aliphatic carbocycles. The highest BCUT2D eigenvalue weighted by atomic mass is 35.5. The number of hydrogen-bond acceptors (Lipinski definition) is 4. The molecule has 2 aromatic carbocycles. The molecule has 3 aromatic rings. The molecule has 0 spiro atoms. The molecule has 3 rings (SSSR count). The Labute approximate surface area is 138 Å². The number of ether oxygens (including phenoxy) is 1. The zero-order valence-corrected chi connectivity index (χ0v) is 13.5. The number of methoxy groups -OCH3 is 1. The molecule has 118 valence electrons. The summed E-state index contributed by atoms with van der Waals surface area (Å²) >= 11 is 6.13. The number of amides is 1. The van der Waals surface area contributed by atoms with E-state index in [0.717, 1.165) is 5.56 Å². The summed E-state index contributed by atoms with van der Waals surface area (Å²) in [6, 6.07) is 10.7. The predicted octanol–water partition coefficient (Wildman–Crippen LogP) is 4.51. The van der Waals surface area contributed by atoms with Gasteiger partial charge in [-0.1, -0.05) is 18.5 Å². The lowest BCUT2D eigenvalue weighted by Gasteiger charge is -2.03. The smallest absolute Gasteiger partial charge is 0.227 e. The van der Waals surface area contributed by atoms with Crippen molar-refractivity contribution in [2.24, 2.45) is 0 Å². The van der Waals surface area contributed by atoms with E-state index >= 15 is 0 Å². The quantitative estimate of drug-likeness (QED) is 0.764. The van der Waals surface area contributed by atoms with Crippen LogP contribution in [0.25, 0.3) is 22.6 Å². The van der Waals surface area contributed by atoms with E-state index in [-0.39, 0.29) is 5.91 Å². The van der Waals surface area contributed by atoms with E-state index < -0.39 is 0 Å². The number of fused-ring (bicyclic) bond motifs is 1. The van der Waals surface area contributed by atoms with Crippen LogP contribution in [-0.2, 0) is 4.79 Å². The second-order valence-corrected chi connectivity index (χ2v) is 5.36. The van der Waals surface area contributed by atoms with Gasteiger partial charge in [0.2, 0.25) is 11.8 Å². The Balaban J connectivity index is 1.96. The van der Waals surface area contributed by atoms with Crippen LogP contribution in [0.3, 0.4) is 0 Å². The van der Waals surface area contributed by atoms with Crippen LogP contribution in [0.5, 0.6) is 5.75 Å². The van der Waals surface area contributed by atoms with Crippen LogP contribution >= 0.6 is 11.6 Å². The number of aromatic nitrogens is 1. The monoisotopic (exact) mass is 330 g/mol. The Bertz CT molecular complexity index is 873.